The van der Waals surface area contributed by atoms with E-state index in [0.717, 1.165) is 17.7 Å². The van der Waals surface area contributed by atoms with Crippen LogP contribution in [0.25, 0.3) is 0 Å². The first-order chi connectivity index (χ1) is 12.8. The zero-order valence-corrected chi connectivity index (χ0v) is 14.8. The van der Waals surface area contributed by atoms with Crippen LogP contribution in [-0.2, 0) is 16.0 Å². The minimum Gasteiger partial charge on any atom is -0.391 e. The van der Waals surface area contributed by atoms with Crippen LogP contribution in [0, 0.1) is 11.6 Å². The maximum absolute atomic E-state index is 13.6. The molecule has 0 radical (unpaired) electrons. The van der Waals surface area contributed by atoms with Gasteiger partial charge in [-0.1, -0.05) is 18.2 Å². The fourth-order valence-corrected chi connectivity index (χ4v) is 3.31. The van der Waals surface area contributed by atoms with Crippen molar-refractivity contribution in [3.05, 3.63) is 65.2 Å². The Morgan fingerprint density at radius 1 is 1.15 bits per heavy atom. The second-order valence-corrected chi connectivity index (χ2v) is 6.68. The predicted octanol–water partition coefficient (Wildman–Crippen LogP) is 2.80. The average molecular weight is 374 g/mol. The Morgan fingerprint density at radius 3 is 2.48 bits per heavy atom. The number of hydrogen-bond acceptors (Lipinski definition) is 3. The number of amides is 2. The number of aliphatic hydroxyl groups excluding tert-OH is 1. The molecule has 1 aliphatic heterocycles. The summed E-state index contributed by atoms with van der Waals surface area (Å²) >= 11 is 0. The molecule has 0 aliphatic carbocycles. The Labute approximate surface area is 155 Å². The lowest BCUT2D eigenvalue weighted by Crippen LogP contribution is -2.33. The highest BCUT2D eigenvalue weighted by Gasteiger charge is 2.35. The fraction of sp³-hybridized carbons (Fsp3) is 0.300. The quantitative estimate of drug-likeness (QED) is 0.865. The third kappa shape index (κ3) is 4.49. The molecule has 2 aromatic rings. The van der Waals surface area contributed by atoms with Gasteiger partial charge in [0.1, 0.15) is 0 Å². The molecule has 2 aromatic carbocycles. The summed E-state index contributed by atoms with van der Waals surface area (Å²) < 4.78 is 26.7. The van der Waals surface area contributed by atoms with Crippen molar-refractivity contribution in [1.29, 1.82) is 0 Å². The maximum Gasteiger partial charge on any atom is 0.227 e. The van der Waals surface area contributed by atoms with E-state index in [4.69, 9.17) is 0 Å². The van der Waals surface area contributed by atoms with Crippen molar-refractivity contribution in [2.75, 3.05) is 11.9 Å². The fourth-order valence-electron chi connectivity index (χ4n) is 3.31. The number of benzene rings is 2. The summed E-state index contributed by atoms with van der Waals surface area (Å²) in [4.78, 5) is 25.3. The molecular weight excluding hydrogens is 354 g/mol. The van der Waals surface area contributed by atoms with E-state index in [2.05, 4.69) is 5.32 Å². The highest BCUT2D eigenvalue weighted by molar-refractivity contribution is 5.88. The zero-order chi connectivity index (χ0) is 19.6. The number of anilines is 1. The average Bonchev–Trinajstić information content (AvgIpc) is 3.00. The molecule has 2 N–H and O–H groups in total. The third-order valence-corrected chi connectivity index (χ3v) is 4.56. The van der Waals surface area contributed by atoms with Crippen molar-refractivity contribution in [2.24, 2.45) is 0 Å². The van der Waals surface area contributed by atoms with Crippen molar-refractivity contribution in [2.45, 2.75) is 31.9 Å². The summed E-state index contributed by atoms with van der Waals surface area (Å²) in [7, 11) is 0. The van der Waals surface area contributed by atoms with Gasteiger partial charge in [-0.2, -0.15) is 0 Å². The van der Waals surface area contributed by atoms with Crippen LogP contribution in [0.1, 0.15) is 30.5 Å². The lowest BCUT2D eigenvalue weighted by atomic mass is 10.0. The number of carbonyl (C=O) groups excluding carboxylic acids is 2. The highest BCUT2D eigenvalue weighted by atomic mass is 19.2. The lowest BCUT2D eigenvalue weighted by Gasteiger charge is -2.25. The molecule has 1 saturated heterocycles. The number of rotatable bonds is 4. The van der Waals surface area contributed by atoms with Gasteiger partial charge in [0.05, 0.1) is 18.6 Å². The number of β-amino-alcohol motifs (C(OH)–C–C–N with tert-alkyl or cyclic N) is 1. The van der Waals surface area contributed by atoms with Crippen LogP contribution in [0.5, 0.6) is 0 Å². The normalized spacial score (nSPS) is 19.2. The van der Waals surface area contributed by atoms with Crippen LogP contribution in [0.3, 0.4) is 0 Å². The third-order valence-electron chi connectivity index (χ3n) is 4.56. The summed E-state index contributed by atoms with van der Waals surface area (Å²) in [6.45, 7) is 1.56. The number of aliphatic hydroxyl groups is 1. The monoisotopic (exact) mass is 374 g/mol. The van der Waals surface area contributed by atoms with Crippen molar-refractivity contribution < 1.29 is 23.5 Å². The first-order valence-electron chi connectivity index (χ1n) is 8.62. The van der Waals surface area contributed by atoms with E-state index in [1.54, 1.807) is 24.3 Å². The number of nitrogens with zero attached hydrogens (tertiary/aromatic N) is 1. The largest absolute Gasteiger partial charge is 0.391 e. The lowest BCUT2D eigenvalue weighted by molar-refractivity contribution is -0.131. The van der Waals surface area contributed by atoms with Crippen molar-refractivity contribution in [1.82, 2.24) is 4.90 Å². The Hall–Kier alpha value is -2.80. The topological polar surface area (TPSA) is 69.6 Å². The van der Waals surface area contributed by atoms with Crippen LogP contribution < -0.4 is 5.32 Å². The second kappa shape index (κ2) is 7.84. The molecule has 0 saturated carbocycles. The molecule has 27 heavy (non-hydrogen) atoms. The zero-order valence-electron chi connectivity index (χ0n) is 14.8. The molecule has 0 bridgehead atoms. The number of nitrogens with one attached hydrogen (secondary N) is 1. The van der Waals surface area contributed by atoms with E-state index in [1.807, 2.05) is 0 Å². The van der Waals surface area contributed by atoms with Crippen LogP contribution >= 0.6 is 0 Å². The molecule has 2 atom stereocenters. The first kappa shape index (κ1) is 19.0. The van der Waals surface area contributed by atoms with Gasteiger partial charge >= 0.3 is 0 Å². The smallest absolute Gasteiger partial charge is 0.227 e. The second-order valence-electron chi connectivity index (χ2n) is 6.68. The summed E-state index contributed by atoms with van der Waals surface area (Å²) in [6, 6.07) is 9.92. The molecule has 5 nitrogen and oxygen atoms in total. The van der Waals surface area contributed by atoms with E-state index in [1.165, 1.54) is 17.9 Å². The van der Waals surface area contributed by atoms with Gasteiger partial charge in [-0.25, -0.2) is 8.78 Å². The van der Waals surface area contributed by atoms with E-state index in [-0.39, 0.29) is 31.2 Å². The molecular formula is C20H20F2N2O3. The molecule has 2 amide bonds. The molecule has 142 valence electrons. The Kier molecular flexibility index (Phi) is 5.51. The van der Waals surface area contributed by atoms with Gasteiger partial charge in [-0.15, -0.1) is 0 Å². The van der Waals surface area contributed by atoms with Crippen LogP contribution in [0.2, 0.25) is 0 Å². The van der Waals surface area contributed by atoms with Gasteiger partial charge in [0, 0.05) is 19.2 Å². The van der Waals surface area contributed by atoms with Gasteiger partial charge in [0.2, 0.25) is 11.8 Å². The van der Waals surface area contributed by atoms with Crippen molar-refractivity contribution >= 4 is 17.5 Å². The summed E-state index contributed by atoms with van der Waals surface area (Å²) in [6.07, 6.45) is -0.333. The number of carbonyl (C=O) groups is 2. The Balaban J connectivity index is 1.74. The minimum absolute atomic E-state index is 0.104. The van der Waals surface area contributed by atoms with E-state index in [0.29, 0.717) is 11.3 Å². The number of halogens is 2. The SMILES string of the molecule is CC(=O)Nc1ccc(CC(=O)N2C[C@H](O)C[C@H]2c2ccc(F)c(F)c2)cc1. The first-order valence-corrected chi connectivity index (χ1v) is 8.62. The van der Waals surface area contributed by atoms with Crippen molar-refractivity contribution in [3.63, 3.8) is 0 Å². The van der Waals surface area contributed by atoms with Gasteiger partial charge in [-0.05, 0) is 41.8 Å². The van der Waals surface area contributed by atoms with Crippen LogP contribution in [-0.4, -0.2) is 34.5 Å². The molecule has 1 heterocycles. The predicted molar refractivity (Wildman–Crippen MR) is 95.9 cm³/mol. The Morgan fingerprint density at radius 2 is 1.85 bits per heavy atom. The Bertz CT molecular complexity index is 855. The number of likely N-dealkylation sites (tertiary alicyclic amines) is 1. The van der Waals surface area contributed by atoms with Gasteiger partial charge < -0.3 is 15.3 Å². The number of hydrogen-bond donors (Lipinski definition) is 2. The molecule has 7 heteroatoms. The van der Waals surface area contributed by atoms with Gasteiger partial charge in [-0.3, -0.25) is 9.59 Å². The minimum atomic E-state index is -0.977. The molecule has 1 aliphatic rings. The summed E-state index contributed by atoms with van der Waals surface area (Å²) in [5.41, 5.74) is 1.84. The standard InChI is InChI=1S/C20H20F2N2O3/c1-12(25)23-15-5-2-13(3-6-15)8-20(27)24-11-16(26)10-19(24)14-4-7-17(21)18(22)9-14/h2-7,9,16,19,26H,8,10-11H2,1H3,(H,23,25)/t16-,19+/m1/s1. The van der Waals surface area contributed by atoms with E-state index >= 15 is 0 Å². The molecule has 0 spiro atoms. The van der Waals surface area contributed by atoms with Crippen LogP contribution in [0.4, 0.5) is 14.5 Å². The summed E-state index contributed by atoms with van der Waals surface area (Å²) in [5, 5.41) is 12.6. The van der Waals surface area contributed by atoms with Crippen molar-refractivity contribution in [3.8, 4) is 0 Å². The molecule has 3 rings (SSSR count). The maximum atomic E-state index is 13.6. The van der Waals surface area contributed by atoms with E-state index in [9.17, 15) is 23.5 Å². The van der Waals surface area contributed by atoms with E-state index < -0.39 is 23.8 Å². The van der Waals surface area contributed by atoms with Gasteiger partial charge in [0.15, 0.2) is 11.6 Å². The molecule has 1 fully saturated rings. The van der Waals surface area contributed by atoms with Gasteiger partial charge in [0.25, 0.3) is 0 Å². The molecule has 0 unspecified atom stereocenters. The molecule has 0 aromatic heterocycles. The summed E-state index contributed by atoms with van der Waals surface area (Å²) in [5.74, 6) is -2.32. The van der Waals surface area contributed by atoms with Crippen LogP contribution in [0.15, 0.2) is 42.5 Å². The highest BCUT2D eigenvalue weighted by Crippen LogP contribution is 2.33.